The molecule has 4 rings (SSSR count). The normalized spacial score (nSPS) is 11.7. The van der Waals surface area contributed by atoms with Crippen LogP contribution < -0.4 is 19.9 Å². The number of carbonyl (C=O) groups is 1. The lowest BCUT2D eigenvalue weighted by atomic mass is 10.1. The van der Waals surface area contributed by atoms with E-state index in [4.69, 9.17) is 15.2 Å². The smallest absolute Gasteiger partial charge is 0.281 e. The second-order valence-corrected chi connectivity index (χ2v) is 11.6. The Morgan fingerprint density at radius 3 is 2.39 bits per heavy atom. The van der Waals surface area contributed by atoms with Crippen LogP contribution in [0.15, 0.2) is 71.8 Å². The van der Waals surface area contributed by atoms with E-state index in [9.17, 15) is 22.7 Å². The molecule has 2 aromatic heterocycles. The first-order chi connectivity index (χ1) is 19.2. The number of halogens is 1. The number of rotatable bonds is 9. The molecule has 0 radical (unpaired) electrons. The minimum atomic E-state index is -4.39. The Morgan fingerprint density at radius 1 is 1.05 bits per heavy atom. The quantitative estimate of drug-likeness (QED) is 0.253. The molecule has 216 valence electrons. The predicted octanol–water partition coefficient (Wildman–Crippen LogP) is 4.79. The monoisotopic (exact) mass is 582 g/mol. The fraction of sp³-hybridized carbons (Fsp3) is 0.207. The zero-order valence-corrected chi connectivity index (χ0v) is 23.6. The topological polar surface area (TPSA) is 154 Å². The second-order valence-electron chi connectivity index (χ2n) is 9.98. The molecule has 12 heteroatoms. The lowest BCUT2D eigenvalue weighted by molar-refractivity contribution is 0.0284. The number of hydrogen-bond donors (Lipinski definition) is 3. The van der Waals surface area contributed by atoms with Gasteiger partial charge in [0.2, 0.25) is 5.88 Å². The zero-order chi connectivity index (χ0) is 29.9. The van der Waals surface area contributed by atoms with Crippen molar-refractivity contribution >= 4 is 21.7 Å². The molecule has 0 saturated carbocycles. The Labute approximate surface area is 238 Å². The first-order valence-corrected chi connectivity index (χ1v) is 13.9. The van der Waals surface area contributed by atoms with E-state index < -0.39 is 32.4 Å². The van der Waals surface area contributed by atoms with E-state index in [1.54, 1.807) is 39.8 Å². The lowest BCUT2D eigenvalue weighted by Crippen LogP contribution is -2.31. The Kier molecular flexibility index (Phi) is 8.27. The van der Waals surface area contributed by atoms with Crippen LogP contribution in [-0.2, 0) is 10.0 Å². The van der Waals surface area contributed by atoms with Gasteiger partial charge < -0.3 is 20.3 Å². The van der Waals surface area contributed by atoms with Crippen molar-refractivity contribution in [3.8, 4) is 28.6 Å². The van der Waals surface area contributed by atoms with Gasteiger partial charge in [-0.05, 0) is 75.2 Å². The number of para-hydroxylation sites is 1. The molecule has 41 heavy (non-hydrogen) atoms. The summed E-state index contributed by atoms with van der Waals surface area (Å²) in [6.45, 7) is 6.64. The molecule has 2 heterocycles. The Morgan fingerprint density at radius 2 is 1.73 bits per heavy atom. The molecule has 0 atom stereocenters. The minimum Gasteiger partial charge on any atom is -0.490 e. The van der Waals surface area contributed by atoms with Gasteiger partial charge in [0.1, 0.15) is 35.3 Å². The van der Waals surface area contributed by atoms with Crippen LogP contribution in [0.5, 0.6) is 17.4 Å². The van der Waals surface area contributed by atoms with E-state index in [1.807, 2.05) is 10.8 Å². The van der Waals surface area contributed by atoms with Crippen LogP contribution in [-0.4, -0.2) is 41.6 Å². The summed E-state index contributed by atoms with van der Waals surface area (Å²) in [4.78, 5) is 21.5. The lowest BCUT2D eigenvalue weighted by Gasteiger charge is -2.18. The summed E-state index contributed by atoms with van der Waals surface area (Å²) >= 11 is 0. The molecule has 0 saturated heterocycles. The molecule has 0 spiro atoms. The van der Waals surface area contributed by atoms with Gasteiger partial charge in [-0.1, -0.05) is 24.3 Å². The molecule has 0 aliphatic rings. The van der Waals surface area contributed by atoms with Gasteiger partial charge in [-0.15, -0.1) is 0 Å². The molecule has 4 N–H and O–H groups in total. The predicted molar refractivity (Wildman–Crippen MR) is 153 cm³/mol. The fourth-order valence-electron chi connectivity index (χ4n) is 3.77. The number of sulfonamides is 1. The Balaban J connectivity index is 0.00000484. The highest BCUT2D eigenvalue weighted by Gasteiger charge is 2.25. The summed E-state index contributed by atoms with van der Waals surface area (Å²) in [5, 5.41) is 9.53. The first kappa shape index (κ1) is 29.4. The summed E-state index contributed by atoms with van der Waals surface area (Å²) < 4.78 is 53.8. The van der Waals surface area contributed by atoms with E-state index >= 15 is 0 Å². The zero-order valence-electron chi connectivity index (χ0n) is 22.8. The van der Waals surface area contributed by atoms with Gasteiger partial charge in [0.05, 0.1) is 11.3 Å². The third-order valence-corrected chi connectivity index (χ3v) is 6.95. The van der Waals surface area contributed by atoms with Crippen LogP contribution in [0.3, 0.4) is 0 Å². The highest BCUT2D eigenvalue weighted by atomic mass is 32.2. The fourth-order valence-corrected chi connectivity index (χ4v) is 4.71. The summed E-state index contributed by atoms with van der Waals surface area (Å²) in [6, 6.07) is 16.1. The van der Waals surface area contributed by atoms with Crippen molar-refractivity contribution in [2.75, 3.05) is 12.3 Å². The van der Waals surface area contributed by atoms with Gasteiger partial charge in [0.25, 0.3) is 15.9 Å². The molecule has 0 bridgehead atoms. The number of nitrogens with one attached hydrogen (secondary N) is 1. The van der Waals surface area contributed by atoms with E-state index in [1.165, 1.54) is 48.5 Å². The number of aromatic nitrogens is 2. The van der Waals surface area contributed by atoms with E-state index in [0.29, 0.717) is 11.3 Å². The molecule has 1 amide bonds. The number of nitrogens with zero attached hydrogens (tertiary/aromatic N) is 2. The van der Waals surface area contributed by atoms with Crippen molar-refractivity contribution < 1.29 is 33.6 Å². The van der Waals surface area contributed by atoms with Crippen molar-refractivity contribution in [2.24, 2.45) is 0 Å². The SMILES string of the molecule is Cc1cccc(C)c1Oc1nc(-c2cc(F)cc(OCC(C)(C)O)c2)ccc1C(=O)NS(=O)(=O)c1cccc(N)n1.[HH]. The minimum absolute atomic E-state index is 0. The standard InChI is InChI=1S/C29H29FN4O6S.H2/c1-17-7-5-8-18(2)26(17)40-28-22(27(35)34-41(37,38)25-10-6-9-24(31)33-25)11-12-23(32-28)19-13-20(30)15-21(14-19)39-16-29(3,4)36;/h5-15,36H,16H2,1-4H3,(H2,31,33)(H,34,35);1H. The van der Waals surface area contributed by atoms with Crippen molar-refractivity contribution in [1.82, 2.24) is 14.7 Å². The third-order valence-electron chi connectivity index (χ3n) is 5.72. The molecule has 10 nitrogen and oxygen atoms in total. The number of pyridine rings is 2. The number of carbonyl (C=O) groups excluding carboxylic acids is 1. The largest absolute Gasteiger partial charge is 0.490 e. The average Bonchev–Trinajstić information content (AvgIpc) is 2.88. The number of nitrogens with two attached hydrogens (primary N) is 1. The van der Waals surface area contributed by atoms with E-state index in [-0.39, 0.29) is 36.7 Å². The highest BCUT2D eigenvalue weighted by Crippen LogP contribution is 2.33. The molecule has 0 aliphatic carbocycles. The van der Waals surface area contributed by atoms with Crippen LogP contribution in [0.4, 0.5) is 10.2 Å². The average molecular weight is 583 g/mol. The maximum atomic E-state index is 14.5. The Bertz CT molecular complexity index is 1710. The number of anilines is 1. The maximum absolute atomic E-state index is 14.5. The summed E-state index contributed by atoms with van der Waals surface area (Å²) in [7, 11) is -4.39. The maximum Gasteiger partial charge on any atom is 0.281 e. The van der Waals surface area contributed by atoms with Gasteiger partial charge in [-0.25, -0.2) is 19.1 Å². The van der Waals surface area contributed by atoms with Gasteiger partial charge in [-0.3, -0.25) is 4.79 Å². The van der Waals surface area contributed by atoms with Crippen molar-refractivity contribution in [3.63, 3.8) is 0 Å². The van der Waals surface area contributed by atoms with Crippen LogP contribution in [0.1, 0.15) is 36.8 Å². The Hall–Kier alpha value is -4.55. The number of ether oxygens (including phenoxy) is 2. The summed E-state index contributed by atoms with van der Waals surface area (Å²) in [6.07, 6.45) is 0. The highest BCUT2D eigenvalue weighted by molar-refractivity contribution is 7.90. The van der Waals surface area contributed by atoms with Gasteiger partial charge in [-0.2, -0.15) is 8.42 Å². The molecule has 4 aromatic rings. The van der Waals surface area contributed by atoms with Gasteiger partial charge >= 0.3 is 0 Å². The second kappa shape index (κ2) is 11.5. The van der Waals surface area contributed by atoms with E-state index in [2.05, 4.69) is 9.97 Å². The first-order valence-electron chi connectivity index (χ1n) is 12.4. The number of amides is 1. The summed E-state index contributed by atoms with van der Waals surface area (Å²) in [5.74, 6) is -1.32. The molecule has 2 aromatic carbocycles. The van der Waals surface area contributed by atoms with Crippen molar-refractivity contribution in [1.29, 1.82) is 0 Å². The van der Waals surface area contributed by atoms with Crippen LogP contribution in [0.25, 0.3) is 11.3 Å². The molecular formula is C29H31FN4O6S. The van der Waals surface area contributed by atoms with Crippen molar-refractivity contribution in [3.05, 3.63) is 89.2 Å². The van der Waals surface area contributed by atoms with Crippen LogP contribution >= 0.6 is 0 Å². The summed E-state index contributed by atoms with van der Waals surface area (Å²) in [5.41, 5.74) is 6.26. The van der Waals surface area contributed by atoms with Crippen LogP contribution in [0.2, 0.25) is 0 Å². The van der Waals surface area contributed by atoms with Gasteiger partial charge in [0.15, 0.2) is 5.03 Å². The van der Waals surface area contributed by atoms with Gasteiger partial charge in [0, 0.05) is 13.1 Å². The number of aliphatic hydroxyl groups is 1. The molecule has 0 fully saturated rings. The molecule has 0 aliphatic heterocycles. The number of benzene rings is 2. The van der Waals surface area contributed by atoms with Crippen molar-refractivity contribution in [2.45, 2.75) is 38.3 Å². The number of hydrogen-bond acceptors (Lipinski definition) is 9. The number of nitrogen functional groups attached to an aromatic ring is 1. The number of aryl methyl sites for hydroxylation is 2. The molecule has 0 unspecified atom stereocenters. The molecular weight excluding hydrogens is 551 g/mol. The third kappa shape index (κ3) is 7.35. The van der Waals surface area contributed by atoms with E-state index in [0.717, 1.165) is 11.1 Å². The van der Waals surface area contributed by atoms with Crippen LogP contribution in [0, 0.1) is 19.7 Å².